The van der Waals surface area contributed by atoms with E-state index in [0.29, 0.717) is 35.7 Å². The second-order valence-electron chi connectivity index (χ2n) is 5.86. The van der Waals surface area contributed by atoms with Gasteiger partial charge in [-0.2, -0.15) is 4.99 Å². The fourth-order valence-corrected chi connectivity index (χ4v) is 4.00. The van der Waals surface area contributed by atoms with Crippen LogP contribution in [0.5, 0.6) is 0 Å². The number of ether oxygens (including phenoxy) is 2. The molecule has 0 aliphatic rings. The number of esters is 1. The van der Waals surface area contributed by atoms with E-state index >= 15 is 0 Å². The van der Waals surface area contributed by atoms with E-state index in [9.17, 15) is 9.59 Å². The minimum atomic E-state index is -0.370. The van der Waals surface area contributed by atoms with Crippen molar-refractivity contribution in [3.05, 3.63) is 62.9 Å². The molecular weight excluding hydrogens is 444 g/mol. The molecule has 0 bridgehead atoms. The van der Waals surface area contributed by atoms with Crippen LogP contribution in [0.25, 0.3) is 10.2 Å². The van der Waals surface area contributed by atoms with Gasteiger partial charge in [0, 0.05) is 23.7 Å². The van der Waals surface area contributed by atoms with Crippen molar-refractivity contribution >= 4 is 49.4 Å². The summed E-state index contributed by atoms with van der Waals surface area (Å²) in [5.41, 5.74) is 1.86. The van der Waals surface area contributed by atoms with Gasteiger partial charge in [-0.1, -0.05) is 27.3 Å². The fraction of sp³-hybridized carbons (Fsp3) is 0.250. The summed E-state index contributed by atoms with van der Waals surface area (Å²) in [6.45, 7) is 3.11. The number of methoxy groups -OCH3 is 1. The Kier molecular flexibility index (Phi) is 6.77. The Morgan fingerprint density at radius 1 is 1.14 bits per heavy atom. The number of hydrogen-bond donors (Lipinski definition) is 0. The molecule has 0 atom stereocenters. The third kappa shape index (κ3) is 4.57. The number of nitrogens with zero attached hydrogens (tertiary/aromatic N) is 2. The average molecular weight is 463 g/mol. The van der Waals surface area contributed by atoms with Crippen LogP contribution in [0.3, 0.4) is 0 Å². The van der Waals surface area contributed by atoms with Crippen molar-refractivity contribution in [2.75, 3.05) is 20.3 Å². The van der Waals surface area contributed by atoms with Crippen molar-refractivity contribution in [3.63, 3.8) is 0 Å². The molecule has 0 aliphatic heterocycles. The minimum absolute atomic E-state index is 0.317. The number of rotatable bonds is 6. The second-order valence-corrected chi connectivity index (χ2v) is 7.78. The first kappa shape index (κ1) is 20.4. The third-order valence-electron chi connectivity index (χ3n) is 4.00. The molecule has 3 aromatic rings. The number of amides is 1. The van der Waals surface area contributed by atoms with Crippen LogP contribution in [-0.4, -0.2) is 36.8 Å². The fourth-order valence-electron chi connectivity index (χ4n) is 2.64. The zero-order chi connectivity index (χ0) is 20.1. The molecule has 1 amide bonds. The molecule has 2 aromatic carbocycles. The lowest BCUT2D eigenvalue weighted by atomic mass is 10.2. The Labute approximate surface area is 174 Å². The lowest BCUT2D eigenvalue weighted by Crippen LogP contribution is -2.19. The number of hydrogen-bond acceptors (Lipinski definition) is 5. The van der Waals surface area contributed by atoms with Crippen LogP contribution in [0.4, 0.5) is 0 Å². The molecular formula is C20H19BrN2O4S. The number of thiazole rings is 1. The molecule has 1 heterocycles. The lowest BCUT2D eigenvalue weighted by Gasteiger charge is -2.05. The van der Waals surface area contributed by atoms with Crippen molar-refractivity contribution in [2.45, 2.75) is 13.5 Å². The van der Waals surface area contributed by atoms with E-state index < -0.39 is 0 Å². The molecule has 0 unspecified atom stereocenters. The summed E-state index contributed by atoms with van der Waals surface area (Å²) in [6, 6.07) is 12.4. The highest BCUT2D eigenvalue weighted by Crippen LogP contribution is 2.20. The number of aromatic nitrogens is 1. The predicted octanol–water partition coefficient (Wildman–Crippen LogP) is 4.03. The zero-order valence-electron chi connectivity index (χ0n) is 15.5. The van der Waals surface area contributed by atoms with Crippen molar-refractivity contribution < 1.29 is 19.1 Å². The largest absolute Gasteiger partial charge is 0.462 e. The molecule has 0 saturated carbocycles. The number of fused-ring (bicyclic) bond motifs is 1. The highest BCUT2D eigenvalue weighted by Gasteiger charge is 2.13. The average Bonchev–Trinajstić information content (AvgIpc) is 3.03. The van der Waals surface area contributed by atoms with Gasteiger partial charge in [-0.05, 0) is 49.4 Å². The van der Waals surface area contributed by atoms with Crippen LogP contribution < -0.4 is 4.80 Å². The molecule has 8 heteroatoms. The Bertz CT molecular complexity index is 1070. The molecule has 146 valence electrons. The zero-order valence-corrected chi connectivity index (χ0v) is 17.9. The molecule has 6 nitrogen and oxygen atoms in total. The van der Waals surface area contributed by atoms with Gasteiger partial charge in [-0.3, -0.25) is 4.79 Å². The van der Waals surface area contributed by atoms with Crippen molar-refractivity contribution in [2.24, 2.45) is 4.99 Å². The first-order valence-corrected chi connectivity index (χ1v) is 10.3. The first-order valence-electron chi connectivity index (χ1n) is 8.67. The van der Waals surface area contributed by atoms with Crippen LogP contribution in [0.1, 0.15) is 27.6 Å². The van der Waals surface area contributed by atoms with Gasteiger partial charge in [-0.15, -0.1) is 0 Å². The molecule has 0 aliphatic carbocycles. The van der Waals surface area contributed by atoms with Crippen LogP contribution >= 0.6 is 27.3 Å². The van der Waals surface area contributed by atoms with E-state index in [2.05, 4.69) is 20.9 Å². The Balaban J connectivity index is 2.07. The highest BCUT2D eigenvalue weighted by molar-refractivity contribution is 9.10. The smallest absolute Gasteiger partial charge is 0.338 e. The molecule has 3 rings (SSSR count). The molecule has 0 N–H and O–H groups in total. The van der Waals surface area contributed by atoms with Crippen molar-refractivity contribution in [1.82, 2.24) is 4.57 Å². The summed E-state index contributed by atoms with van der Waals surface area (Å²) < 4.78 is 13.9. The van der Waals surface area contributed by atoms with Crippen LogP contribution in [0, 0.1) is 0 Å². The molecule has 28 heavy (non-hydrogen) atoms. The maximum Gasteiger partial charge on any atom is 0.338 e. The van der Waals surface area contributed by atoms with Gasteiger partial charge in [0.1, 0.15) is 0 Å². The SMILES string of the molecule is CCOC(=O)c1ccc2c(c1)sc(=NC(=O)c1ccc(Br)cc1)n2CCOC. The highest BCUT2D eigenvalue weighted by atomic mass is 79.9. The molecule has 0 fully saturated rings. The topological polar surface area (TPSA) is 69.9 Å². The predicted molar refractivity (Wildman–Crippen MR) is 112 cm³/mol. The summed E-state index contributed by atoms with van der Waals surface area (Å²) in [7, 11) is 1.62. The Hall–Kier alpha value is -2.29. The monoisotopic (exact) mass is 462 g/mol. The second kappa shape index (κ2) is 9.27. The van der Waals surface area contributed by atoms with Gasteiger partial charge >= 0.3 is 5.97 Å². The van der Waals surface area contributed by atoms with E-state index in [1.165, 1.54) is 11.3 Å². The van der Waals surface area contributed by atoms with Crippen LogP contribution in [0.2, 0.25) is 0 Å². The van der Waals surface area contributed by atoms with E-state index in [1.807, 2.05) is 10.6 Å². The summed E-state index contributed by atoms with van der Waals surface area (Å²) >= 11 is 4.71. The summed E-state index contributed by atoms with van der Waals surface area (Å²) in [5.74, 6) is -0.693. The van der Waals surface area contributed by atoms with Gasteiger partial charge < -0.3 is 14.0 Å². The summed E-state index contributed by atoms with van der Waals surface area (Å²) in [4.78, 5) is 29.5. The van der Waals surface area contributed by atoms with Gasteiger partial charge in [0.25, 0.3) is 5.91 Å². The number of carbonyl (C=O) groups is 2. The number of benzene rings is 2. The van der Waals surface area contributed by atoms with Crippen LogP contribution in [0.15, 0.2) is 51.9 Å². The molecule has 1 aromatic heterocycles. The van der Waals surface area contributed by atoms with Gasteiger partial charge in [-0.25, -0.2) is 4.79 Å². The molecule has 0 spiro atoms. The quantitative estimate of drug-likeness (QED) is 0.518. The lowest BCUT2D eigenvalue weighted by molar-refractivity contribution is 0.0526. The maximum atomic E-state index is 12.6. The van der Waals surface area contributed by atoms with E-state index in [1.54, 1.807) is 50.4 Å². The minimum Gasteiger partial charge on any atom is -0.462 e. The number of carbonyl (C=O) groups excluding carboxylic acids is 2. The standard InChI is InChI=1S/C20H19BrN2O4S/c1-3-27-19(25)14-6-9-16-17(12-14)28-20(23(16)10-11-26-2)22-18(24)13-4-7-15(21)8-5-13/h4-9,12H,3,10-11H2,1-2H3. The summed E-state index contributed by atoms with van der Waals surface area (Å²) in [6.07, 6.45) is 0. The van der Waals surface area contributed by atoms with E-state index in [-0.39, 0.29) is 11.9 Å². The molecule has 0 radical (unpaired) electrons. The van der Waals surface area contributed by atoms with E-state index in [0.717, 1.165) is 14.7 Å². The van der Waals surface area contributed by atoms with Crippen LogP contribution in [-0.2, 0) is 16.0 Å². The van der Waals surface area contributed by atoms with E-state index in [4.69, 9.17) is 9.47 Å². The normalized spacial score (nSPS) is 11.8. The van der Waals surface area contributed by atoms with Crippen molar-refractivity contribution in [1.29, 1.82) is 0 Å². The number of halogens is 1. The maximum absolute atomic E-state index is 12.6. The summed E-state index contributed by atoms with van der Waals surface area (Å²) in [5, 5.41) is 0. The third-order valence-corrected chi connectivity index (χ3v) is 5.57. The molecule has 0 saturated heterocycles. The Morgan fingerprint density at radius 2 is 1.86 bits per heavy atom. The Morgan fingerprint density at radius 3 is 2.54 bits per heavy atom. The van der Waals surface area contributed by atoms with Gasteiger partial charge in [0.05, 0.1) is 29.0 Å². The van der Waals surface area contributed by atoms with Gasteiger partial charge in [0.2, 0.25) is 0 Å². The first-order chi connectivity index (χ1) is 13.5. The van der Waals surface area contributed by atoms with Gasteiger partial charge in [0.15, 0.2) is 4.80 Å². The van der Waals surface area contributed by atoms with Crippen molar-refractivity contribution in [3.8, 4) is 0 Å².